The highest BCUT2D eigenvalue weighted by molar-refractivity contribution is 6.16. The second-order valence-electron chi connectivity index (χ2n) is 17.1. The molecule has 12 atom stereocenters. The van der Waals surface area contributed by atoms with Crippen molar-refractivity contribution in [3.8, 4) is 0 Å². The molecule has 322 valence electrons. The van der Waals surface area contributed by atoms with Crippen LogP contribution in [0.5, 0.6) is 0 Å². The fourth-order valence-corrected chi connectivity index (χ4v) is 7.64. The van der Waals surface area contributed by atoms with Crippen LogP contribution in [0.4, 0.5) is 9.59 Å². The number of carbonyl (C=O) groups is 6. The summed E-state index contributed by atoms with van der Waals surface area (Å²) in [6, 6.07) is -3.17. The van der Waals surface area contributed by atoms with E-state index in [1.807, 2.05) is 66.0 Å². The number of nitrogens with zero attached hydrogens (tertiary/aromatic N) is 5. The summed E-state index contributed by atoms with van der Waals surface area (Å²) in [6.07, 6.45) is -0.162. The second kappa shape index (κ2) is 14.6. The van der Waals surface area contributed by atoms with Crippen LogP contribution in [-0.2, 0) is 45.2 Å². The van der Waals surface area contributed by atoms with Gasteiger partial charge in [-0.15, -0.1) is 0 Å². The SMILES string of the molecule is CC1C(=O)N(C(C)C2(C)OC2C)C(=O)N(C(C)C2(C)OC2C)C1=O.CC1C(=O)NC(=O)NC1=O.CC1OC1(C)C(C)n1c(=O)n(C)c(=O)n(C(C)C2(C)OC2C)c1=O. The quantitative estimate of drug-likeness (QED) is 0.272. The Balaban J connectivity index is 0.000000180. The van der Waals surface area contributed by atoms with Gasteiger partial charge in [0.25, 0.3) is 0 Å². The van der Waals surface area contributed by atoms with Crippen LogP contribution >= 0.6 is 0 Å². The molecule has 58 heavy (non-hydrogen) atoms. The summed E-state index contributed by atoms with van der Waals surface area (Å²) < 4.78 is 25.6. The lowest BCUT2D eigenvalue weighted by Crippen LogP contribution is -2.66. The standard InChI is InChI=1S/C17H26N2O5.C16H25N3O5.C5H6N2O3/c1-8-13(20)18(9(2)16(6)11(4)23-16)15(22)19(14(8)21)10(3)17(7)12(5)24-17;1-8(15(5)10(3)23-15)18-12(20)17(7)13(21)19(14(18)22)9(2)16(6)11(4)24-16;1-2-3(8)6-5(10)7-4(2)9/h8-12H,1-7H3;8-11H,1-7H3;2H,1H3,(H2,6,7,8,9,10). The van der Waals surface area contributed by atoms with Crippen molar-refractivity contribution >= 4 is 35.7 Å². The Morgan fingerprint density at radius 3 is 1.03 bits per heavy atom. The van der Waals surface area contributed by atoms with Crippen LogP contribution in [0.15, 0.2) is 14.4 Å². The molecule has 6 fully saturated rings. The van der Waals surface area contributed by atoms with Gasteiger partial charge in [0.1, 0.15) is 34.2 Å². The molecule has 6 aliphatic rings. The molecule has 12 unspecified atom stereocenters. The Morgan fingerprint density at radius 2 is 0.759 bits per heavy atom. The van der Waals surface area contributed by atoms with Crippen molar-refractivity contribution in [1.82, 2.24) is 34.1 Å². The average molecular weight is 820 g/mol. The van der Waals surface area contributed by atoms with Gasteiger partial charge in [-0.25, -0.2) is 37.7 Å². The van der Waals surface area contributed by atoms with Crippen LogP contribution in [0.25, 0.3) is 0 Å². The number of hydrogen-bond donors (Lipinski definition) is 2. The maximum absolute atomic E-state index is 13.0. The van der Waals surface area contributed by atoms with E-state index in [2.05, 4.69) is 0 Å². The molecular weight excluding hydrogens is 762 g/mol. The van der Waals surface area contributed by atoms with Gasteiger partial charge in [0.05, 0.1) is 48.6 Å². The van der Waals surface area contributed by atoms with Crippen molar-refractivity contribution in [3.63, 3.8) is 0 Å². The molecule has 2 N–H and O–H groups in total. The number of barbiturate groups is 2. The Morgan fingerprint density at radius 1 is 0.483 bits per heavy atom. The zero-order chi connectivity index (χ0) is 44.1. The summed E-state index contributed by atoms with van der Waals surface area (Å²) >= 11 is 0. The Hall–Kier alpha value is -4.53. The first-order chi connectivity index (χ1) is 26.5. The summed E-state index contributed by atoms with van der Waals surface area (Å²) in [5.74, 6) is -3.66. The third-order valence-corrected chi connectivity index (χ3v) is 13.9. The maximum atomic E-state index is 13.0. The highest BCUT2D eigenvalue weighted by atomic mass is 16.6. The normalized spacial score (nSPS) is 37.3. The lowest BCUT2D eigenvalue weighted by Gasteiger charge is -2.43. The van der Waals surface area contributed by atoms with E-state index in [0.29, 0.717) is 0 Å². The van der Waals surface area contributed by atoms with Crippen LogP contribution < -0.4 is 27.7 Å². The first kappa shape index (κ1) is 44.6. The number of imide groups is 4. The van der Waals surface area contributed by atoms with Gasteiger partial charge in [0.15, 0.2) is 0 Å². The molecule has 0 aliphatic carbocycles. The van der Waals surface area contributed by atoms with E-state index in [9.17, 15) is 43.2 Å². The van der Waals surface area contributed by atoms with Crippen molar-refractivity contribution in [2.24, 2.45) is 18.9 Å². The van der Waals surface area contributed by atoms with Crippen LogP contribution in [-0.4, -0.2) is 118 Å². The summed E-state index contributed by atoms with van der Waals surface area (Å²) in [7, 11) is 1.38. The molecule has 20 nitrogen and oxygen atoms in total. The van der Waals surface area contributed by atoms with Gasteiger partial charge in [-0.3, -0.25) is 39.6 Å². The number of aromatic nitrogens is 3. The predicted molar refractivity (Wildman–Crippen MR) is 203 cm³/mol. The molecule has 6 saturated heterocycles. The maximum Gasteiger partial charge on any atom is 0.337 e. The lowest BCUT2D eigenvalue weighted by atomic mass is 9.93. The first-order valence-corrected chi connectivity index (χ1v) is 19.6. The molecule has 0 aromatic carbocycles. The van der Waals surface area contributed by atoms with E-state index in [0.717, 1.165) is 13.7 Å². The van der Waals surface area contributed by atoms with E-state index < -0.39 is 111 Å². The molecule has 0 bridgehead atoms. The first-order valence-electron chi connectivity index (χ1n) is 19.6. The van der Waals surface area contributed by atoms with Crippen LogP contribution in [0.3, 0.4) is 0 Å². The molecule has 8 amide bonds. The van der Waals surface area contributed by atoms with Crippen molar-refractivity contribution in [1.29, 1.82) is 0 Å². The fraction of sp³-hybridized carbons (Fsp3) is 0.763. The van der Waals surface area contributed by atoms with Gasteiger partial charge < -0.3 is 18.9 Å². The number of carbonyl (C=O) groups excluding carboxylic acids is 6. The Labute approximate surface area is 335 Å². The van der Waals surface area contributed by atoms with Gasteiger partial charge in [-0.2, -0.15) is 0 Å². The minimum Gasteiger partial charge on any atom is -0.364 e. The third kappa shape index (κ3) is 7.14. The number of ether oxygens (including phenoxy) is 4. The summed E-state index contributed by atoms with van der Waals surface area (Å²) in [4.78, 5) is 110. The zero-order valence-corrected chi connectivity index (χ0v) is 35.8. The Kier molecular flexibility index (Phi) is 11.2. The summed E-state index contributed by atoms with van der Waals surface area (Å²) in [5, 5.41) is 3.90. The van der Waals surface area contributed by atoms with E-state index >= 15 is 0 Å². The second-order valence-corrected chi connectivity index (χ2v) is 17.1. The van der Waals surface area contributed by atoms with Crippen LogP contribution in [0, 0.1) is 11.8 Å². The number of rotatable bonds is 8. The number of urea groups is 2. The lowest BCUT2D eigenvalue weighted by molar-refractivity contribution is -0.152. The van der Waals surface area contributed by atoms with E-state index in [4.69, 9.17) is 18.9 Å². The molecule has 6 aliphatic heterocycles. The number of hydrogen-bond acceptors (Lipinski definition) is 13. The molecule has 0 saturated carbocycles. The number of epoxide rings is 4. The molecular formula is C38H57N7O13. The number of nitrogens with one attached hydrogen (secondary N) is 2. The minimum atomic E-state index is -0.886. The smallest absolute Gasteiger partial charge is 0.337 e. The van der Waals surface area contributed by atoms with Gasteiger partial charge in [0, 0.05) is 7.05 Å². The van der Waals surface area contributed by atoms with Crippen molar-refractivity contribution in [3.05, 3.63) is 31.5 Å². The van der Waals surface area contributed by atoms with Crippen LogP contribution in [0.1, 0.15) is 109 Å². The summed E-state index contributed by atoms with van der Waals surface area (Å²) in [5.41, 5.74) is -4.17. The Bertz CT molecular complexity index is 2000. The van der Waals surface area contributed by atoms with Gasteiger partial charge in [0.2, 0.25) is 23.6 Å². The molecule has 0 spiro atoms. The minimum absolute atomic E-state index is 0.0313. The monoisotopic (exact) mass is 819 g/mol. The van der Waals surface area contributed by atoms with Crippen molar-refractivity contribution in [2.45, 2.75) is 168 Å². The average Bonchev–Trinajstić information content (AvgIpc) is 4.11. The van der Waals surface area contributed by atoms with Crippen LogP contribution in [0.2, 0.25) is 0 Å². The fourth-order valence-electron chi connectivity index (χ4n) is 7.64. The van der Waals surface area contributed by atoms with E-state index in [1.165, 1.54) is 23.8 Å². The summed E-state index contributed by atoms with van der Waals surface area (Å²) in [6.45, 7) is 25.2. The third-order valence-electron chi connectivity index (χ3n) is 13.9. The molecule has 7 heterocycles. The van der Waals surface area contributed by atoms with Crippen molar-refractivity contribution in [2.75, 3.05) is 0 Å². The predicted octanol–water partition coefficient (Wildman–Crippen LogP) is 0.719. The topological polar surface area (TPSA) is 249 Å². The highest BCUT2D eigenvalue weighted by Crippen LogP contribution is 2.46. The van der Waals surface area contributed by atoms with E-state index in [1.54, 1.807) is 34.6 Å². The van der Waals surface area contributed by atoms with Crippen molar-refractivity contribution < 1.29 is 47.7 Å². The molecule has 1 aromatic rings. The van der Waals surface area contributed by atoms with E-state index in [-0.39, 0.29) is 24.4 Å². The van der Waals surface area contributed by atoms with Gasteiger partial charge in [-0.05, 0) is 96.9 Å². The molecule has 1 aromatic heterocycles. The van der Waals surface area contributed by atoms with Gasteiger partial charge in [-0.1, -0.05) is 0 Å². The molecule has 20 heteroatoms. The zero-order valence-electron chi connectivity index (χ0n) is 35.8. The molecule has 7 rings (SSSR count). The molecule has 0 radical (unpaired) electrons. The largest absolute Gasteiger partial charge is 0.364 e. The highest BCUT2D eigenvalue weighted by Gasteiger charge is 2.63. The van der Waals surface area contributed by atoms with Gasteiger partial charge >= 0.3 is 29.1 Å². The number of amides is 8.